The minimum atomic E-state index is 0.426. The third-order valence-electron chi connectivity index (χ3n) is 2.04. The normalized spacial score (nSPS) is 9.00. The number of aryl methyl sites for hydroxylation is 1. The van der Waals surface area contributed by atoms with E-state index < -0.39 is 0 Å². The molecule has 0 aliphatic rings. The Kier molecular flexibility index (Phi) is 12.7. The maximum atomic E-state index is 5.70. The summed E-state index contributed by atoms with van der Waals surface area (Å²) in [6.45, 7) is 1.88. The first kappa shape index (κ1) is 22.2. The van der Waals surface area contributed by atoms with Crippen LogP contribution in [0.4, 0.5) is 0 Å². The molecule has 2 rings (SSSR count). The van der Waals surface area contributed by atoms with Gasteiger partial charge in [0, 0.05) is 10.9 Å². The number of pyridine rings is 2. The molecule has 117 valence electrons. The molecule has 10 heteroatoms. The van der Waals surface area contributed by atoms with Crippen molar-refractivity contribution in [3.05, 3.63) is 56.0 Å². The van der Waals surface area contributed by atoms with Crippen LogP contribution in [0, 0.1) is 6.92 Å². The van der Waals surface area contributed by atoms with Gasteiger partial charge in [0.05, 0.1) is 0 Å². The van der Waals surface area contributed by atoms with Crippen LogP contribution in [0.25, 0.3) is 0 Å². The van der Waals surface area contributed by atoms with Crippen LogP contribution in [0.5, 0.6) is 0 Å². The second-order valence-corrected chi connectivity index (χ2v) is 5.86. The Balaban J connectivity index is 0.000000342. The van der Waals surface area contributed by atoms with Crippen LogP contribution in [-0.4, -0.2) is 17.6 Å². The zero-order chi connectivity index (χ0) is 17.1. The first-order chi connectivity index (χ1) is 10.3. The van der Waals surface area contributed by atoms with Crippen LogP contribution in [0.1, 0.15) is 11.1 Å². The van der Waals surface area contributed by atoms with Gasteiger partial charge in [0.1, 0.15) is 20.6 Å². The van der Waals surface area contributed by atoms with Crippen LogP contribution in [0.3, 0.4) is 0 Å². The molecule has 0 saturated carbocycles. The van der Waals surface area contributed by atoms with Gasteiger partial charge in [-0.15, -0.1) is 0 Å². The number of nitrogens with zero attached hydrogens (tertiary/aromatic N) is 3. The molecule has 1 radical (unpaired) electrons. The average Bonchev–Trinajstić information content (AvgIpc) is 2.45. The molecule has 0 unspecified atom stereocenters. The summed E-state index contributed by atoms with van der Waals surface area (Å²) in [5, 5.41) is 2.50. The number of aromatic nitrogens is 2. The molecule has 0 aromatic carbocycles. The Bertz CT molecular complexity index is 619. The van der Waals surface area contributed by atoms with Crippen LogP contribution >= 0.6 is 75.1 Å². The Morgan fingerprint density at radius 1 is 1.05 bits per heavy atom. The van der Waals surface area contributed by atoms with E-state index in [0.717, 1.165) is 11.1 Å². The third-order valence-corrected chi connectivity index (χ3v) is 3.77. The maximum absolute atomic E-state index is 5.70. The second kappa shape index (κ2) is 12.6. The van der Waals surface area contributed by atoms with E-state index in [2.05, 4.69) is 50.7 Å². The summed E-state index contributed by atoms with van der Waals surface area (Å²) in [7, 11) is 4.34. The summed E-state index contributed by atoms with van der Waals surface area (Å²) in [6.07, 6.45) is 0. The van der Waals surface area contributed by atoms with Crippen molar-refractivity contribution in [3.8, 4) is 0 Å². The molecule has 2 heterocycles. The summed E-state index contributed by atoms with van der Waals surface area (Å²) in [4.78, 5) is 7.65. The molecule has 2 aromatic heterocycles. The number of alkyl halides is 1. The summed E-state index contributed by atoms with van der Waals surface area (Å²) in [5.74, 6) is 0. The Hall–Kier alpha value is 0.155. The molecule has 0 N–H and O–H groups in total. The van der Waals surface area contributed by atoms with E-state index in [0.29, 0.717) is 25.9 Å². The van der Waals surface area contributed by atoms with Gasteiger partial charge in [-0.05, 0) is 24.6 Å². The molecule has 0 aliphatic heterocycles. The van der Waals surface area contributed by atoms with E-state index in [1.165, 1.54) is 0 Å². The van der Waals surface area contributed by atoms with Gasteiger partial charge in [-0.3, -0.25) is 0 Å². The Morgan fingerprint density at radius 3 is 1.86 bits per heavy atom. The van der Waals surface area contributed by atoms with Crippen LogP contribution in [0.2, 0.25) is 20.6 Å². The fourth-order valence-electron chi connectivity index (χ4n) is 1.02. The molecule has 22 heavy (non-hydrogen) atoms. The average molecular weight is 461 g/mol. The molecule has 0 fully saturated rings. The van der Waals surface area contributed by atoms with Crippen molar-refractivity contribution in [2.24, 2.45) is 4.30 Å². The molecular weight excluding hydrogens is 451 g/mol. The zero-order valence-corrected chi connectivity index (χ0v) is 16.8. The summed E-state index contributed by atoms with van der Waals surface area (Å²) in [5.41, 5.74) is 1.90. The van der Waals surface area contributed by atoms with Gasteiger partial charge in [0.15, 0.2) is 0 Å². The van der Waals surface area contributed by atoms with Crippen molar-refractivity contribution in [1.82, 2.24) is 9.97 Å². The number of hydrogen-bond donors (Lipinski definition) is 1. The molecule has 0 amide bonds. The molecule has 0 spiro atoms. The van der Waals surface area contributed by atoms with Gasteiger partial charge in [-0.25, -0.2) is 9.97 Å². The van der Waals surface area contributed by atoms with Crippen molar-refractivity contribution in [1.29, 1.82) is 0 Å². The van der Waals surface area contributed by atoms with E-state index in [4.69, 9.17) is 46.4 Å². The summed E-state index contributed by atoms with van der Waals surface area (Å²) < 4.78 is 2.69. The quantitative estimate of drug-likeness (QED) is 0.239. The summed E-state index contributed by atoms with van der Waals surface area (Å²) >= 11 is 28.9. The predicted molar refractivity (Wildman–Crippen MR) is 103 cm³/mol. The Labute approximate surface area is 164 Å². The SMILES string of the molecule is Cc1ccc(Cl)nc1Cl.Clc1ccc(CBr)c(Cl)n1.[B]=NS. The minimum absolute atomic E-state index is 0.426. The fourth-order valence-corrected chi connectivity index (χ4v) is 2.39. The number of rotatable bonds is 1. The molecule has 2 aromatic rings. The standard InChI is InChI=1S/C6H4BrCl2N.C6H5Cl2N.BHNS/c7-3-4-1-2-5(8)10-6(4)9;1-4-2-3-5(7)9-6(4)8;1-2-3/h1-2H,3H2;2-3H,1H3;3H. The van der Waals surface area contributed by atoms with Crippen molar-refractivity contribution in [2.45, 2.75) is 12.3 Å². The van der Waals surface area contributed by atoms with Crippen LogP contribution < -0.4 is 0 Å². The van der Waals surface area contributed by atoms with Gasteiger partial charge < -0.3 is 0 Å². The number of halogens is 5. The van der Waals surface area contributed by atoms with E-state index in [-0.39, 0.29) is 0 Å². The fraction of sp³-hybridized carbons (Fsp3) is 0.167. The first-order valence-electron chi connectivity index (χ1n) is 5.55. The van der Waals surface area contributed by atoms with Crippen molar-refractivity contribution in [3.63, 3.8) is 0 Å². The van der Waals surface area contributed by atoms with Crippen LogP contribution in [0.15, 0.2) is 28.6 Å². The Morgan fingerprint density at radius 2 is 1.50 bits per heavy atom. The van der Waals surface area contributed by atoms with Crippen molar-refractivity contribution in [2.75, 3.05) is 0 Å². The summed E-state index contributed by atoms with van der Waals surface area (Å²) in [6, 6.07) is 7.09. The van der Waals surface area contributed by atoms with E-state index >= 15 is 0 Å². The first-order valence-corrected chi connectivity index (χ1v) is 8.58. The third kappa shape index (κ3) is 9.33. The van der Waals surface area contributed by atoms with Gasteiger partial charge in [-0.2, -0.15) is 0 Å². The monoisotopic (exact) mass is 458 g/mol. The molecule has 3 nitrogen and oxygen atoms in total. The molecule has 0 atom stereocenters. The van der Waals surface area contributed by atoms with Crippen LogP contribution in [-0.2, 0) is 5.33 Å². The van der Waals surface area contributed by atoms with Crippen molar-refractivity contribution < 1.29 is 0 Å². The molecule has 0 bridgehead atoms. The van der Waals surface area contributed by atoms with E-state index in [9.17, 15) is 0 Å². The molecular formula is C12H10BBrCl4N3S. The number of thiol groups is 1. The topological polar surface area (TPSA) is 38.1 Å². The predicted octanol–water partition coefficient (Wildman–Crippen LogP) is 6.16. The second-order valence-electron chi connectivity index (χ2n) is 3.57. The van der Waals surface area contributed by atoms with Gasteiger partial charge >= 0.3 is 24.8 Å². The molecule has 0 saturated heterocycles. The molecule has 0 aliphatic carbocycles. The van der Waals surface area contributed by atoms with Gasteiger partial charge in [-0.1, -0.05) is 74.5 Å². The zero-order valence-electron chi connectivity index (χ0n) is 11.3. The number of hydrogen-bond acceptors (Lipinski definition) is 4. The van der Waals surface area contributed by atoms with E-state index in [1.54, 1.807) is 12.1 Å². The van der Waals surface area contributed by atoms with Gasteiger partial charge in [0.2, 0.25) is 0 Å². The van der Waals surface area contributed by atoms with Gasteiger partial charge in [0.25, 0.3) is 0 Å². The van der Waals surface area contributed by atoms with E-state index in [1.807, 2.05) is 19.1 Å². The van der Waals surface area contributed by atoms with Crippen molar-refractivity contribution >= 4 is 82.8 Å².